The van der Waals surface area contributed by atoms with Gasteiger partial charge < -0.3 is 9.84 Å². The highest BCUT2D eigenvalue weighted by atomic mass is 35.5. The number of benzene rings is 1. The normalized spacial score (nSPS) is 23.5. The van der Waals surface area contributed by atoms with Gasteiger partial charge in [0.25, 0.3) is 6.43 Å². The van der Waals surface area contributed by atoms with E-state index in [9.17, 15) is 13.9 Å². The van der Waals surface area contributed by atoms with Gasteiger partial charge in [0.15, 0.2) is 0 Å². The molecule has 0 amide bonds. The van der Waals surface area contributed by atoms with Crippen LogP contribution >= 0.6 is 23.2 Å². The van der Waals surface area contributed by atoms with Gasteiger partial charge in [-0.05, 0) is 24.6 Å². The third kappa shape index (κ3) is 3.95. The molecule has 112 valence electrons. The number of alkyl halides is 2. The molecule has 1 aromatic rings. The number of likely N-dealkylation sites (tertiary alicyclic amines) is 1. The molecular formula is C13H15Cl2F2NO2. The van der Waals surface area contributed by atoms with E-state index in [0.29, 0.717) is 35.5 Å². The molecule has 2 rings (SSSR count). The molecule has 20 heavy (non-hydrogen) atoms. The molecule has 1 aliphatic rings. The van der Waals surface area contributed by atoms with Crippen molar-refractivity contribution >= 4 is 23.2 Å². The second-order valence-electron chi connectivity index (χ2n) is 4.88. The van der Waals surface area contributed by atoms with Crippen LogP contribution in [-0.4, -0.2) is 48.3 Å². The summed E-state index contributed by atoms with van der Waals surface area (Å²) in [6.07, 6.45) is -2.65. The molecule has 1 saturated heterocycles. The number of β-amino-alcohol motifs (C(OH)–C–C–N with tert-alkyl or cyclic N) is 1. The minimum atomic E-state index is -2.72. The van der Waals surface area contributed by atoms with Crippen molar-refractivity contribution in [2.24, 2.45) is 0 Å². The Labute approximate surface area is 126 Å². The number of hydrogen-bond acceptors (Lipinski definition) is 3. The Morgan fingerprint density at radius 1 is 1.30 bits per heavy atom. The van der Waals surface area contributed by atoms with Crippen LogP contribution in [0.4, 0.5) is 8.78 Å². The van der Waals surface area contributed by atoms with E-state index in [1.54, 1.807) is 23.1 Å². The fraction of sp³-hybridized carbons (Fsp3) is 0.538. The predicted octanol–water partition coefficient (Wildman–Crippen LogP) is 3.07. The Balaban J connectivity index is 1.80. The maximum absolute atomic E-state index is 12.6. The summed E-state index contributed by atoms with van der Waals surface area (Å²) in [6.45, 7) is 1.17. The number of aliphatic hydroxyl groups is 1. The number of nitrogens with zero attached hydrogens (tertiary/aromatic N) is 1. The van der Waals surface area contributed by atoms with Gasteiger partial charge in [-0.25, -0.2) is 8.78 Å². The van der Waals surface area contributed by atoms with Crippen LogP contribution in [0.2, 0.25) is 10.0 Å². The average molecular weight is 326 g/mol. The van der Waals surface area contributed by atoms with Crippen molar-refractivity contribution in [1.82, 2.24) is 4.90 Å². The second-order valence-corrected chi connectivity index (χ2v) is 5.76. The largest absolute Gasteiger partial charge is 0.492 e. The molecule has 1 atom stereocenters. The van der Waals surface area contributed by atoms with Crippen molar-refractivity contribution in [2.45, 2.75) is 18.4 Å². The summed E-state index contributed by atoms with van der Waals surface area (Å²) in [4.78, 5) is 1.75. The summed E-state index contributed by atoms with van der Waals surface area (Å²) in [7, 11) is 0. The summed E-state index contributed by atoms with van der Waals surface area (Å²) in [6, 6.07) is 4.86. The van der Waals surface area contributed by atoms with E-state index in [1.165, 1.54) is 0 Å². The lowest BCUT2D eigenvalue weighted by Crippen LogP contribution is -2.40. The molecule has 1 N–H and O–H groups in total. The Morgan fingerprint density at radius 3 is 2.50 bits per heavy atom. The molecule has 0 aliphatic carbocycles. The molecule has 1 aromatic carbocycles. The zero-order valence-corrected chi connectivity index (χ0v) is 12.2. The van der Waals surface area contributed by atoms with Crippen LogP contribution in [0.5, 0.6) is 5.75 Å². The Morgan fingerprint density at radius 2 is 1.95 bits per heavy atom. The van der Waals surface area contributed by atoms with Crippen LogP contribution in [0.15, 0.2) is 18.2 Å². The number of ether oxygens (including phenoxy) is 1. The third-order valence-electron chi connectivity index (χ3n) is 3.28. The Bertz CT molecular complexity index is 455. The first-order valence-electron chi connectivity index (χ1n) is 6.21. The maximum Gasteiger partial charge on any atom is 0.268 e. The van der Waals surface area contributed by atoms with Crippen molar-refractivity contribution in [1.29, 1.82) is 0 Å². The van der Waals surface area contributed by atoms with Crippen molar-refractivity contribution in [3.8, 4) is 5.75 Å². The van der Waals surface area contributed by atoms with Gasteiger partial charge in [0.1, 0.15) is 18.0 Å². The molecular weight excluding hydrogens is 311 g/mol. The van der Waals surface area contributed by atoms with E-state index in [0.717, 1.165) is 0 Å². The average Bonchev–Trinajstić information content (AvgIpc) is 2.71. The minimum absolute atomic E-state index is 0.0374. The third-order valence-corrected chi connectivity index (χ3v) is 3.71. The molecule has 0 radical (unpaired) electrons. The van der Waals surface area contributed by atoms with Crippen molar-refractivity contribution in [2.75, 3.05) is 26.2 Å². The lowest BCUT2D eigenvalue weighted by molar-refractivity contribution is -0.0871. The van der Waals surface area contributed by atoms with Crippen molar-refractivity contribution in [3.05, 3.63) is 28.2 Å². The zero-order chi connectivity index (χ0) is 14.8. The first-order valence-corrected chi connectivity index (χ1v) is 6.96. The second kappa shape index (κ2) is 6.43. The van der Waals surface area contributed by atoms with Crippen LogP contribution in [0.3, 0.4) is 0 Å². The standard InChI is InChI=1S/C13H15Cl2F2NO2/c14-9-5-10(15)7-11(6-9)20-4-3-18-2-1-13(19,8-18)12(16)17/h5-7,12,19H,1-4,8H2/t13-/m0/s1. The molecule has 1 aliphatic heterocycles. The Hall–Kier alpha value is -0.620. The number of rotatable bonds is 5. The lowest BCUT2D eigenvalue weighted by atomic mass is 10.1. The smallest absolute Gasteiger partial charge is 0.268 e. The van der Waals surface area contributed by atoms with Gasteiger partial charge in [0.05, 0.1) is 0 Å². The molecule has 0 unspecified atom stereocenters. The van der Waals surface area contributed by atoms with Gasteiger partial charge in [-0.1, -0.05) is 23.2 Å². The van der Waals surface area contributed by atoms with Gasteiger partial charge in [-0.3, -0.25) is 4.90 Å². The lowest BCUT2D eigenvalue weighted by Gasteiger charge is -2.22. The SMILES string of the molecule is O[C@@]1(C(F)F)CCN(CCOc2cc(Cl)cc(Cl)c2)C1. The van der Waals surface area contributed by atoms with Crippen LogP contribution < -0.4 is 4.74 Å². The number of halogens is 4. The van der Waals surface area contributed by atoms with Crippen LogP contribution in [0, 0.1) is 0 Å². The first-order chi connectivity index (χ1) is 9.39. The fourth-order valence-electron chi connectivity index (χ4n) is 2.17. The molecule has 0 bridgehead atoms. The van der Waals surface area contributed by atoms with Crippen molar-refractivity contribution in [3.63, 3.8) is 0 Å². The van der Waals surface area contributed by atoms with E-state index in [-0.39, 0.29) is 13.0 Å². The van der Waals surface area contributed by atoms with Gasteiger partial charge in [0.2, 0.25) is 0 Å². The highest BCUT2D eigenvalue weighted by Gasteiger charge is 2.43. The molecule has 7 heteroatoms. The summed E-state index contributed by atoms with van der Waals surface area (Å²) < 4.78 is 30.8. The van der Waals surface area contributed by atoms with E-state index in [1.807, 2.05) is 0 Å². The zero-order valence-electron chi connectivity index (χ0n) is 10.7. The molecule has 1 fully saturated rings. The number of hydrogen-bond donors (Lipinski definition) is 1. The highest BCUT2D eigenvalue weighted by Crippen LogP contribution is 2.28. The highest BCUT2D eigenvalue weighted by molar-refractivity contribution is 6.34. The first kappa shape index (κ1) is 15.8. The maximum atomic E-state index is 12.6. The van der Waals surface area contributed by atoms with Crippen LogP contribution in [-0.2, 0) is 0 Å². The molecule has 3 nitrogen and oxygen atoms in total. The molecule has 0 aromatic heterocycles. The molecule has 1 heterocycles. The van der Waals surface area contributed by atoms with Crippen LogP contribution in [0.1, 0.15) is 6.42 Å². The Kier molecular flexibility index (Phi) is 5.07. The van der Waals surface area contributed by atoms with E-state index in [4.69, 9.17) is 27.9 Å². The topological polar surface area (TPSA) is 32.7 Å². The molecule has 0 spiro atoms. The van der Waals surface area contributed by atoms with Gasteiger partial charge in [-0.15, -0.1) is 0 Å². The van der Waals surface area contributed by atoms with Gasteiger partial charge in [0, 0.05) is 29.7 Å². The van der Waals surface area contributed by atoms with E-state index < -0.39 is 12.0 Å². The predicted molar refractivity (Wildman–Crippen MR) is 74.0 cm³/mol. The van der Waals surface area contributed by atoms with Crippen LogP contribution in [0.25, 0.3) is 0 Å². The summed E-state index contributed by atoms with van der Waals surface area (Å²) in [5.41, 5.74) is -1.89. The summed E-state index contributed by atoms with van der Waals surface area (Å²) >= 11 is 11.7. The van der Waals surface area contributed by atoms with Crippen molar-refractivity contribution < 1.29 is 18.6 Å². The monoisotopic (exact) mass is 325 g/mol. The van der Waals surface area contributed by atoms with Gasteiger partial charge >= 0.3 is 0 Å². The van der Waals surface area contributed by atoms with Gasteiger partial charge in [-0.2, -0.15) is 0 Å². The summed E-state index contributed by atoms with van der Waals surface area (Å²) in [5, 5.41) is 10.6. The molecule has 0 saturated carbocycles. The quantitative estimate of drug-likeness (QED) is 0.903. The summed E-state index contributed by atoms with van der Waals surface area (Å²) in [5.74, 6) is 0.533. The minimum Gasteiger partial charge on any atom is -0.492 e. The fourth-order valence-corrected chi connectivity index (χ4v) is 2.68. The van der Waals surface area contributed by atoms with E-state index >= 15 is 0 Å². The van der Waals surface area contributed by atoms with E-state index in [2.05, 4.69) is 0 Å².